The van der Waals surface area contributed by atoms with Gasteiger partial charge in [-0.3, -0.25) is 9.69 Å². The van der Waals surface area contributed by atoms with E-state index in [4.69, 9.17) is 5.11 Å². The van der Waals surface area contributed by atoms with Gasteiger partial charge in [0.2, 0.25) is 0 Å². The number of rotatable bonds is 3. The molecular weight excluding hydrogens is 261 g/mol. The van der Waals surface area contributed by atoms with Crippen LogP contribution in [0.4, 0.5) is 4.39 Å². The van der Waals surface area contributed by atoms with Gasteiger partial charge < -0.3 is 9.51 Å². The lowest BCUT2D eigenvalue weighted by Crippen LogP contribution is -2.38. The molecule has 6 heteroatoms. The number of aromatic nitrogens is 2. The lowest BCUT2D eigenvalue weighted by Gasteiger charge is -2.29. The summed E-state index contributed by atoms with van der Waals surface area (Å²) >= 11 is 0. The van der Waals surface area contributed by atoms with Gasteiger partial charge in [-0.25, -0.2) is 9.37 Å². The molecular formula is C14H16FN3O2. The third-order valence-electron chi connectivity index (χ3n) is 3.71. The number of nitrogens with zero attached hydrogens (tertiary/aromatic N) is 3. The second kappa shape index (κ2) is 5.20. The van der Waals surface area contributed by atoms with E-state index in [2.05, 4.69) is 9.88 Å². The molecule has 3 rings (SSSR count). The molecule has 1 atom stereocenters. The summed E-state index contributed by atoms with van der Waals surface area (Å²) in [7, 11) is 0. The van der Waals surface area contributed by atoms with Gasteiger partial charge in [0.15, 0.2) is 0 Å². The Labute approximate surface area is 115 Å². The van der Waals surface area contributed by atoms with Crippen LogP contribution in [-0.4, -0.2) is 38.4 Å². The normalized spacial score (nSPS) is 20.4. The number of likely N-dealkylation sites (tertiary alicyclic amines) is 1. The van der Waals surface area contributed by atoms with Crippen LogP contribution in [-0.2, 0) is 11.3 Å². The summed E-state index contributed by atoms with van der Waals surface area (Å²) in [6.45, 7) is 2.04. The summed E-state index contributed by atoms with van der Waals surface area (Å²) in [5, 5.41) is 9.08. The fourth-order valence-corrected chi connectivity index (χ4v) is 2.72. The second-order valence-corrected chi connectivity index (χ2v) is 5.26. The van der Waals surface area contributed by atoms with Crippen LogP contribution >= 0.6 is 0 Å². The van der Waals surface area contributed by atoms with Crippen molar-refractivity contribution in [1.29, 1.82) is 0 Å². The highest BCUT2D eigenvalue weighted by atomic mass is 19.1. The highest BCUT2D eigenvalue weighted by Crippen LogP contribution is 2.19. The predicted molar refractivity (Wildman–Crippen MR) is 70.8 cm³/mol. The zero-order valence-corrected chi connectivity index (χ0v) is 11.0. The maximum absolute atomic E-state index is 13.1. The van der Waals surface area contributed by atoms with Crippen molar-refractivity contribution in [3.05, 3.63) is 36.0 Å². The van der Waals surface area contributed by atoms with Crippen LogP contribution in [0.2, 0.25) is 0 Å². The Balaban J connectivity index is 1.74. The number of pyridine rings is 1. The first-order valence-electron chi connectivity index (χ1n) is 6.70. The van der Waals surface area contributed by atoms with Crippen LogP contribution < -0.4 is 0 Å². The summed E-state index contributed by atoms with van der Waals surface area (Å²) in [6, 6.07) is 3.02. The zero-order valence-electron chi connectivity index (χ0n) is 11.0. The molecule has 0 spiro atoms. The molecule has 20 heavy (non-hydrogen) atoms. The molecule has 0 saturated carbocycles. The van der Waals surface area contributed by atoms with Crippen LogP contribution in [0.1, 0.15) is 18.5 Å². The van der Waals surface area contributed by atoms with Crippen molar-refractivity contribution < 1.29 is 14.3 Å². The molecule has 1 fully saturated rings. The van der Waals surface area contributed by atoms with E-state index in [0.717, 1.165) is 25.1 Å². The van der Waals surface area contributed by atoms with Gasteiger partial charge in [0.25, 0.3) is 0 Å². The summed E-state index contributed by atoms with van der Waals surface area (Å²) in [5.41, 5.74) is 1.54. The van der Waals surface area contributed by atoms with Gasteiger partial charge >= 0.3 is 5.97 Å². The monoisotopic (exact) mass is 277 g/mol. The van der Waals surface area contributed by atoms with Crippen molar-refractivity contribution >= 4 is 11.6 Å². The van der Waals surface area contributed by atoms with Gasteiger partial charge in [0.1, 0.15) is 11.5 Å². The van der Waals surface area contributed by atoms with Crippen LogP contribution in [0.25, 0.3) is 5.65 Å². The number of hydrogen-bond donors (Lipinski definition) is 1. The first kappa shape index (κ1) is 13.1. The molecule has 3 heterocycles. The Morgan fingerprint density at radius 1 is 1.45 bits per heavy atom. The minimum atomic E-state index is -0.730. The molecule has 1 unspecified atom stereocenters. The van der Waals surface area contributed by atoms with E-state index in [1.165, 1.54) is 12.3 Å². The maximum Gasteiger partial charge on any atom is 0.307 e. The van der Waals surface area contributed by atoms with E-state index in [0.29, 0.717) is 18.7 Å². The Kier molecular flexibility index (Phi) is 3.40. The van der Waals surface area contributed by atoms with Crippen LogP contribution in [0, 0.1) is 11.7 Å². The average molecular weight is 277 g/mol. The lowest BCUT2D eigenvalue weighted by molar-refractivity contribution is -0.143. The zero-order chi connectivity index (χ0) is 14.1. The number of carboxylic acid groups (broad SMARTS) is 1. The topological polar surface area (TPSA) is 57.8 Å². The number of aliphatic carboxylic acids is 1. The van der Waals surface area contributed by atoms with Crippen LogP contribution in [0.15, 0.2) is 24.5 Å². The number of piperidine rings is 1. The number of carbonyl (C=O) groups is 1. The average Bonchev–Trinajstić information content (AvgIpc) is 2.80. The third-order valence-corrected chi connectivity index (χ3v) is 3.71. The Bertz CT molecular complexity index is 640. The molecule has 1 aliphatic heterocycles. The van der Waals surface area contributed by atoms with E-state index >= 15 is 0 Å². The molecule has 0 aliphatic carbocycles. The molecule has 2 aromatic rings. The lowest BCUT2D eigenvalue weighted by atomic mass is 9.98. The Morgan fingerprint density at radius 2 is 2.30 bits per heavy atom. The minimum absolute atomic E-state index is 0.293. The van der Waals surface area contributed by atoms with Crippen molar-refractivity contribution in [1.82, 2.24) is 14.3 Å². The first-order chi connectivity index (χ1) is 9.61. The number of imidazole rings is 1. The summed E-state index contributed by atoms with van der Waals surface area (Å²) in [4.78, 5) is 17.6. The molecule has 2 aromatic heterocycles. The highest BCUT2D eigenvalue weighted by molar-refractivity contribution is 5.70. The molecule has 0 aromatic carbocycles. The summed E-state index contributed by atoms with van der Waals surface area (Å²) < 4.78 is 14.8. The van der Waals surface area contributed by atoms with E-state index in [1.807, 2.05) is 0 Å². The summed E-state index contributed by atoms with van der Waals surface area (Å²) in [6.07, 6.45) is 4.81. The number of carboxylic acids is 1. The Hall–Kier alpha value is -1.95. The number of fused-ring (bicyclic) bond motifs is 1. The molecule has 0 bridgehead atoms. The van der Waals surface area contributed by atoms with Gasteiger partial charge in [-0.05, 0) is 31.5 Å². The smallest absolute Gasteiger partial charge is 0.307 e. The van der Waals surface area contributed by atoms with Gasteiger partial charge in [-0.15, -0.1) is 0 Å². The van der Waals surface area contributed by atoms with Crippen molar-refractivity contribution in [2.75, 3.05) is 13.1 Å². The maximum atomic E-state index is 13.1. The minimum Gasteiger partial charge on any atom is -0.481 e. The first-order valence-corrected chi connectivity index (χ1v) is 6.70. The third kappa shape index (κ3) is 2.65. The van der Waals surface area contributed by atoms with Gasteiger partial charge in [-0.1, -0.05) is 0 Å². The van der Waals surface area contributed by atoms with Crippen LogP contribution in [0.3, 0.4) is 0 Å². The molecule has 1 aliphatic rings. The molecule has 1 N–H and O–H groups in total. The quantitative estimate of drug-likeness (QED) is 0.929. The van der Waals surface area contributed by atoms with E-state index in [9.17, 15) is 9.18 Å². The van der Waals surface area contributed by atoms with Gasteiger partial charge in [0, 0.05) is 25.5 Å². The SMILES string of the molecule is O=C(O)C1CCCN(Cc2cn3cc(F)ccc3n2)C1. The van der Waals surface area contributed by atoms with Crippen molar-refractivity contribution in [2.45, 2.75) is 19.4 Å². The fourth-order valence-electron chi connectivity index (χ4n) is 2.72. The van der Waals surface area contributed by atoms with E-state index in [-0.39, 0.29) is 11.7 Å². The summed E-state index contributed by atoms with van der Waals surface area (Å²) in [5.74, 6) is -1.32. The van der Waals surface area contributed by atoms with Crippen LogP contribution in [0.5, 0.6) is 0 Å². The molecule has 106 valence electrons. The molecule has 0 radical (unpaired) electrons. The second-order valence-electron chi connectivity index (χ2n) is 5.26. The van der Waals surface area contributed by atoms with E-state index in [1.54, 1.807) is 16.7 Å². The Morgan fingerprint density at radius 3 is 3.10 bits per heavy atom. The molecule has 1 saturated heterocycles. The van der Waals surface area contributed by atoms with Gasteiger partial charge in [0.05, 0.1) is 11.6 Å². The fraction of sp³-hybridized carbons (Fsp3) is 0.429. The standard InChI is InChI=1S/C14H16FN3O2/c15-11-3-4-13-16-12(9-18(13)7-11)8-17-5-1-2-10(6-17)14(19)20/h3-4,7,9-10H,1-2,5-6,8H2,(H,19,20). The number of halogens is 1. The van der Waals surface area contributed by atoms with Crippen molar-refractivity contribution in [3.63, 3.8) is 0 Å². The molecule has 0 amide bonds. The number of hydrogen-bond acceptors (Lipinski definition) is 3. The van der Waals surface area contributed by atoms with Crippen molar-refractivity contribution in [2.24, 2.45) is 5.92 Å². The highest BCUT2D eigenvalue weighted by Gasteiger charge is 2.25. The molecule has 5 nitrogen and oxygen atoms in total. The predicted octanol–water partition coefficient (Wildman–Crippen LogP) is 1.77. The largest absolute Gasteiger partial charge is 0.481 e. The van der Waals surface area contributed by atoms with Crippen molar-refractivity contribution in [3.8, 4) is 0 Å². The van der Waals surface area contributed by atoms with Gasteiger partial charge in [-0.2, -0.15) is 0 Å². The van der Waals surface area contributed by atoms with E-state index < -0.39 is 5.97 Å².